The first-order valence-corrected chi connectivity index (χ1v) is 7.58. The van der Waals surface area contributed by atoms with Gasteiger partial charge in [-0.05, 0) is 6.07 Å². The average molecular weight is 302 g/mol. The molecule has 20 heavy (non-hydrogen) atoms. The SMILES string of the molecule is CN(CCS(C)(=O)=O)c1ccc([N+](=O)[O-])cc1C(=O)O. The van der Waals surface area contributed by atoms with Crippen molar-refractivity contribution in [1.29, 1.82) is 0 Å². The maximum absolute atomic E-state index is 11.1. The van der Waals surface area contributed by atoms with Crippen molar-refractivity contribution < 1.29 is 23.2 Å². The van der Waals surface area contributed by atoms with Gasteiger partial charge >= 0.3 is 5.97 Å². The van der Waals surface area contributed by atoms with E-state index in [0.29, 0.717) is 0 Å². The van der Waals surface area contributed by atoms with Crippen LogP contribution in [0.5, 0.6) is 0 Å². The number of carbonyl (C=O) groups is 1. The number of nitrogens with zero attached hydrogens (tertiary/aromatic N) is 2. The van der Waals surface area contributed by atoms with Gasteiger partial charge in [-0.3, -0.25) is 10.1 Å². The van der Waals surface area contributed by atoms with Crippen molar-refractivity contribution in [3.05, 3.63) is 33.9 Å². The van der Waals surface area contributed by atoms with E-state index in [4.69, 9.17) is 5.11 Å². The maximum atomic E-state index is 11.1. The van der Waals surface area contributed by atoms with E-state index in [2.05, 4.69) is 0 Å². The van der Waals surface area contributed by atoms with E-state index in [1.54, 1.807) is 0 Å². The molecule has 0 aromatic heterocycles. The minimum atomic E-state index is -3.18. The minimum absolute atomic E-state index is 0.0942. The van der Waals surface area contributed by atoms with Crippen LogP contribution in [0.2, 0.25) is 0 Å². The van der Waals surface area contributed by atoms with Gasteiger partial charge in [-0.2, -0.15) is 0 Å². The molecule has 0 aliphatic heterocycles. The van der Waals surface area contributed by atoms with Crippen molar-refractivity contribution in [3.63, 3.8) is 0 Å². The molecule has 1 aromatic carbocycles. The molecule has 0 fully saturated rings. The van der Waals surface area contributed by atoms with Crippen molar-refractivity contribution >= 4 is 27.2 Å². The van der Waals surface area contributed by atoms with Crippen molar-refractivity contribution in [2.75, 3.05) is 30.5 Å². The number of rotatable bonds is 6. The van der Waals surface area contributed by atoms with Gasteiger partial charge in [-0.25, -0.2) is 13.2 Å². The molecule has 0 atom stereocenters. The molecule has 0 heterocycles. The van der Waals surface area contributed by atoms with Crippen molar-refractivity contribution in [2.24, 2.45) is 0 Å². The monoisotopic (exact) mass is 302 g/mol. The largest absolute Gasteiger partial charge is 0.478 e. The molecule has 0 unspecified atom stereocenters. The summed E-state index contributed by atoms with van der Waals surface area (Å²) in [6.07, 6.45) is 1.08. The number of nitro benzene ring substituents is 1. The normalized spacial score (nSPS) is 11.1. The van der Waals surface area contributed by atoms with E-state index in [1.165, 1.54) is 24.1 Å². The molecule has 0 amide bonds. The Labute approximate surface area is 115 Å². The van der Waals surface area contributed by atoms with Crippen LogP contribution < -0.4 is 4.90 Å². The first-order chi connectivity index (χ1) is 9.11. The third-order valence-electron chi connectivity index (χ3n) is 2.63. The lowest BCUT2D eigenvalue weighted by Crippen LogP contribution is -2.26. The smallest absolute Gasteiger partial charge is 0.338 e. The Morgan fingerprint density at radius 1 is 1.45 bits per heavy atom. The number of carboxylic acid groups (broad SMARTS) is 1. The highest BCUT2D eigenvalue weighted by Crippen LogP contribution is 2.24. The van der Waals surface area contributed by atoms with Gasteiger partial charge in [0.25, 0.3) is 5.69 Å². The summed E-state index contributed by atoms with van der Waals surface area (Å²) in [5.41, 5.74) is -0.343. The Morgan fingerprint density at radius 3 is 2.50 bits per heavy atom. The van der Waals surface area contributed by atoms with Crippen molar-refractivity contribution in [3.8, 4) is 0 Å². The second kappa shape index (κ2) is 5.87. The molecule has 0 saturated carbocycles. The Bertz CT molecular complexity index is 640. The number of hydrogen-bond donors (Lipinski definition) is 1. The number of carboxylic acids is 1. The first-order valence-electron chi connectivity index (χ1n) is 5.52. The number of nitro groups is 1. The number of sulfone groups is 1. The lowest BCUT2D eigenvalue weighted by molar-refractivity contribution is -0.384. The Hall–Kier alpha value is -2.16. The molecule has 1 aromatic rings. The third-order valence-corrected chi connectivity index (χ3v) is 3.55. The number of aromatic carboxylic acids is 1. The zero-order valence-electron chi connectivity index (χ0n) is 10.9. The van der Waals surface area contributed by atoms with Crippen LogP contribution in [0.4, 0.5) is 11.4 Å². The fourth-order valence-electron chi connectivity index (χ4n) is 1.56. The Morgan fingerprint density at radius 2 is 2.05 bits per heavy atom. The standard InChI is InChI=1S/C11H14N2O6S/c1-12(5-6-20(2,18)19)10-4-3-8(13(16)17)7-9(10)11(14)15/h3-4,7H,5-6H2,1-2H3,(H,14,15). The highest BCUT2D eigenvalue weighted by atomic mass is 32.2. The summed E-state index contributed by atoms with van der Waals surface area (Å²) in [5, 5.41) is 19.7. The fraction of sp³-hybridized carbons (Fsp3) is 0.364. The zero-order valence-corrected chi connectivity index (χ0v) is 11.8. The second-order valence-corrected chi connectivity index (χ2v) is 6.57. The van der Waals surface area contributed by atoms with Crippen molar-refractivity contribution in [1.82, 2.24) is 0 Å². The van der Waals surface area contributed by atoms with E-state index in [-0.39, 0.29) is 29.2 Å². The van der Waals surface area contributed by atoms with Gasteiger partial charge in [0, 0.05) is 32.0 Å². The van der Waals surface area contributed by atoms with E-state index >= 15 is 0 Å². The fourth-order valence-corrected chi connectivity index (χ4v) is 2.17. The zero-order chi connectivity index (χ0) is 15.5. The first kappa shape index (κ1) is 15.9. The highest BCUT2D eigenvalue weighted by Gasteiger charge is 2.19. The van der Waals surface area contributed by atoms with Crippen LogP contribution in [0.15, 0.2) is 18.2 Å². The molecule has 1 N–H and O–H groups in total. The van der Waals surface area contributed by atoms with Crippen LogP contribution in [0.25, 0.3) is 0 Å². The summed E-state index contributed by atoms with van der Waals surface area (Å²) in [6, 6.07) is 3.43. The lowest BCUT2D eigenvalue weighted by atomic mass is 10.1. The topological polar surface area (TPSA) is 118 Å². The summed E-state index contributed by atoms with van der Waals surface area (Å²) in [6.45, 7) is 0.0942. The van der Waals surface area contributed by atoms with Gasteiger partial charge in [-0.1, -0.05) is 0 Å². The molecule has 0 spiro atoms. The van der Waals surface area contributed by atoms with E-state index in [0.717, 1.165) is 12.3 Å². The molecule has 0 saturated heterocycles. The Balaban J connectivity index is 3.10. The van der Waals surface area contributed by atoms with E-state index < -0.39 is 20.7 Å². The average Bonchev–Trinajstić information content (AvgIpc) is 2.34. The van der Waals surface area contributed by atoms with Gasteiger partial charge in [0.05, 0.1) is 21.9 Å². The highest BCUT2D eigenvalue weighted by molar-refractivity contribution is 7.90. The molecule has 9 heteroatoms. The predicted molar refractivity (Wildman–Crippen MR) is 73.0 cm³/mol. The van der Waals surface area contributed by atoms with Crippen LogP contribution in [0.1, 0.15) is 10.4 Å². The van der Waals surface area contributed by atoms with Crippen molar-refractivity contribution in [2.45, 2.75) is 0 Å². The number of anilines is 1. The molecule has 0 aliphatic rings. The molecular weight excluding hydrogens is 288 g/mol. The van der Waals surface area contributed by atoms with Gasteiger partial charge < -0.3 is 10.0 Å². The summed E-state index contributed by atoms with van der Waals surface area (Å²) in [5.74, 6) is -1.45. The van der Waals surface area contributed by atoms with Gasteiger partial charge in [0.2, 0.25) is 0 Å². The second-order valence-electron chi connectivity index (χ2n) is 4.32. The van der Waals surface area contributed by atoms with E-state index in [1.807, 2.05) is 0 Å². The molecule has 0 bridgehead atoms. The van der Waals surface area contributed by atoms with Gasteiger partial charge in [0.1, 0.15) is 9.84 Å². The summed E-state index contributed by atoms with van der Waals surface area (Å²) in [7, 11) is -1.65. The van der Waals surface area contributed by atoms with Gasteiger partial charge in [-0.15, -0.1) is 0 Å². The van der Waals surface area contributed by atoms with Crippen LogP contribution in [-0.4, -0.2) is 50.0 Å². The third kappa shape index (κ3) is 4.19. The summed E-state index contributed by atoms with van der Waals surface area (Å²) >= 11 is 0. The molecular formula is C11H14N2O6S. The molecule has 110 valence electrons. The number of benzene rings is 1. The molecule has 0 radical (unpaired) electrons. The predicted octanol–water partition coefficient (Wildman–Crippen LogP) is 0.774. The number of non-ortho nitro benzene ring substituents is 1. The van der Waals surface area contributed by atoms with Crippen LogP contribution in [0.3, 0.4) is 0 Å². The molecule has 0 aliphatic carbocycles. The molecule has 1 rings (SSSR count). The van der Waals surface area contributed by atoms with Crippen LogP contribution >= 0.6 is 0 Å². The van der Waals surface area contributed by atoms with E-state index in [9.17, 15) is 23.3 Å². The lowest BCUT2D eigenvalue weighted by Gasteiger charge is -2.20. The maximum Gasteiger partial charge on any atom is 0.338 e. The molecule has 8 nitrogen and oxygen atoms in total. The summed E-state index contributed by atoms with van der Waals surface area (Å²) in [4.78, 5) is 22.5. The van der Waals surface area contributed by atoms with Crippen LogP contribution in [-0.2, 0) is 9.84 Å². The Kier molecular flexibility index (Phi) is 4.66. The number of hydrogen-bond acceptors (Lipinski definition) is 6. The minimum Gasteiger partial charge on any atom is -0.478 e. The van der Waals surface area contributed by atoms with Crippen LogP contribution in [0, 0.1) is 10.1 Å². The quantitative estimate of drug-likeness (QED) is 0.609. The summed E-state index contributed by atoms with van der Waals surface area (Å²) < 4.78 is 22.2. The van der Waals surface area contributed by atoms with Gasteiger partial charge in [0.15, 0.2) is 0 Å².